The van der Waals surface area contributed by atoms with E-state index in [4.69, 9.17) is 21.1 Å². The second kappa shape index (κ2) is 9.26. The second-order valence-corrected chi connectivity index (χ2v) is 7.55. The highest BCUT2D eigenvalue weighted by molar-refractivity contribution is 6.30. The van der Waals surface area contributed by atoms with Gasteiger partial charge in [0.05, 0.1) is 23.2 Å². The topological polar surface area (TPSA) is 84.9 Å². The number of carbonyl (C=O) groups excluding carboxylic acids is 1. The van der Waals surface area contributed by atoms with Crippen molar-refractivity contribution < 1.29 is 24.2 Å². The Balaban J connectivity index is 2.43. The number of hydrogen-bond acceptors (Lipinski definition) is 5. The number of benzene rings is 1. The van der Waals surface area contributed by atoms with E-state index in [1.165, 1.54) is 0 Å². The monoisotopic (exact) mass is 407 g/mol. The minimum absolute atomic E-state index is 0.0855. The fraction of sp³-hybridized carbons (Fsp3) is 0.429. The Morgan fingerprint density at radius 3 is 2.21 bits per heavy atom. The van der Waals surface area contributed by atoms with E-state index in [1.807, 2.05) is 13.8 Å². The molecule has 2 unspecified atom stereocenters. The molecular weight excluding hydrogens is 382 g/mol. The van der Waals surface area contributed by atoms with E-state index in [1.54, 1.807) is 45.2 Å². The highest BCUT2D eigenvalue weighted by atomic mass is 35.5. The number of methoxy groups -OCH3 is 1. The molecule has 0 aliphatic carbocycles. The lowest BCUT2D eigenvalue weighted by molar-refractivity contribution is -0.144. The molecule has 2 rings (SSSR count). The standard InChI is InChI=1S/C21H26ClNO5/c1-11(2)16(27-5)10-28-21(26)18-13(4)23-12(3)17(20(24)25)19(18)14-6-8-15(22)9-7-14/h6-9,11,16,19,23H,10H2,1-5H3,(H,24,25). The number of carbonyl (C=O) groups is 2. The zero-order valence-electron chi connectivity index (χ0n) is 16.7. The van der Waals surface area contributed by atoms with Gasteiger partial charge in [0.15, 0.2) is 0 Å². The Labute approximate surface area is 170 Å². The summed E-state index contributed by atoms with van der Waals surface area (Å²) in [7, 11) is 1.57. The fourth-order valence-corrected chi connectivity index (χ4v) is 3.43. The van der Waals surface area contributed by atoms with Gasteiger partial charge in [-0.15, -0.1) is 0 Å². The van der Waals surface area contributed by atoms with E-state index in [-0.39, 0.29) is 29.8 Å². The van der Waals surface area contributed by atoms with Gasteiger partial charge in [0.1, 0.15) is 6.61 Å². The number of hydrogen-bond donors (Lipinski definition) is 2. The molecule has 0 amide bonds. The van der Waals surface area contributed by atoms with E-state index < -0.39 is 17.9 Å². The number of nitrogens with one attached hydrogen (secondary N) is 1. The summed E-state index contributed by atoms with van der Waals surface area (Å²) in [5, 5.41) is 13.3. The maximum absolute atomic E-state index is 13.0. The first-order valence-electron chi connectivity index (χ1n) is 9.04. The number of esters is 1. The first-order valence-corrected chi connectivity index (χ1v) is 9.42. The SMILES string of the molecule is COC(COC(=O)C1=C(C)NC(C)=C(C(=O)O)C1c1ccc(Cl)cc1)C(C)C. The van der Waals surface area contributed by atoms with E-state index >= 15 is 0 Å². The molecular formula is C21H26ClNO5. The largest absolute Gasteiger partial charge is 0.478 e. The van der Waals surface area contributed by atoms with Crippen LogP contribution in [0.25, 0.3) is 0 Å². The molecule has 1 aromatic carbocycles. The Hall–Kier alpha value is -2.31. The van der Waals surface area contributed by atoms with Crippen molar-refractivity contribution in [3.05, 3.63) is 57.4 Å². The van der Waals surface area contributed by atoms with Crippen LogP contribution in [-0.4, -0.2) is 36.9 Å². The van der Waals surface area contributed by atoms with Crippen LogP contribution in [0, 0.1) is 5.92 Å². The van der Waals surface area contributed by atoms with E-state index in [2.05, 4.69) is 5.32 Å². The van der Waals surface area contributed by atoms with Gasteiger partial charge < -0.3 is 19.9 Å². The number of carboxylic acids is 1. The number of carboxylic acid groups (broad SMARTS) is 1. The lowest BCUT2D eigenvalue weighted by Gasteiger charge is -2.30. The highest BCUT2D eigenvalue weighted by Gasteiger charge is 2.37. The molecule has 1 heterocycles. The maximum atomic E-state index is 13.0. The molecule has 1 aliphatic rings. The molecule has 0 radical (unpaired) electrons. The summed E-state index contributed by atoms with van der Waals surface area (Å²) in [6.45, 7) is 7.44. The molecule has 2 atom stereocenters. The van der Waals surface area contributed by atoms with Crippen LogP contribution in [0.4, 0.5) is 0 Å². The smallest absolute Gasteiger partial charge is 0.336 e. The number of ether oxygens (including phenoxy) is 2. The quantitative estimate of drug-likeness (QED) is 0.667. The third-order valence-electron chi connectivity index (χ3n) is 4.84. The van der Waals surface area contributed by atoms with Gasteiger partial charge in [0.25, 0.3) is 0 Å². The van der Waals surface area contributed by atoms with Crippen molar-refractivity contribution in [2.24, 2.45) is 5.92 Å². The van der Waals surface area contributed by atoms with Gasteiger partial charge in [-0.2, -0.15) is 0 Å². The van der Waals surface area contributed by atoms with Crippen LogP contribution >= 0.6 is 11.6 Å². The zero-order valence-corrected chi connectivity index (χ0v) is 17.5. The Morgan fingerprint density at radius 1 is 1.14 bits per heavy atom. The second-order valence-electron chi connectivity index (χ2n) is 7.11. The van der Waals surface area contributed by atoms with Crippen LogP contribution < -0.4 is 5.32 Å². The molecule has 6 nitrogen and oxygen atoms in total. The Morgan fingerprint density at radius 2 is 1.71 bits per heavy atom. The van der Waals surface area contributed by atoms with Crippen molar-refractivity contribution >= 4 is 23.5 Å². The van der Waals surface area contributed by atoms with Gasteiger partial charge in [0, 0.05) is 23.5 Å². The van der Waals surface area contributed by atoms with E-state index in [0.717, 1.165) is 0 Å². The molecule has 0 spiro atoms. The van der Waals surface area contributed by atoms with Crippen LogP contribution in [0.1, 0.15) is 39.2 Å². The predicted molar refractivity (Wildman–Crippen MR) is 107 cm³/mol. The van der Waals surface area contributed by atoms with Crippen molar-refractivity contribution in [1.29, 1.82) is 0 Å². The molecule has 152 valence electrons. The Kier molecular flexibility index (Phi) is 7.27. The van der Waals surface area contributed by atoms with Crippen LogP contribution in [0.5, 0.6) is 0 Å². The number of halogens is 1. The molecule has 2 N–H and O–H groups in total. The molecule has 0 saturated heterocycles. The van der Waals surface area contributed by atoms with E-state index in [0.29, 0.717) is 22.0 Å². The summed E-state index contributed by atoms with van der Waals surface area (Å²) in [4.78, 5) is 24.9. The van der Waals surface area contributed by atoms with Gasteiger partial charge in [-0.3, -0.25) is 0 Å². The lowest BCUT2D eigenvalue weighted by atomic mass is 9.80. The molecule has 0 aromatic heterocycles. The molecule has 7 heteroatoms. The summed E-state index contributed by atoms with van der Waals surface area (Å²) >= 11 is 5.98. The predicted octanol–water partition coefficient (Wildman–Crippen LogP) is 3.87. The Bertz CT molecular complexity index is 811. The van der Waals surface area contributed by atoms with Crippen LogP contribution in [0.3, 0.4) is 0 Å². The summed E-state index contributed by atoms with van der Waals surface area (Å²) in [6, 6.07) is 6.79. The molecule has 1 aromatic rings. The number of dihydropyridines is 1. The average Bonchev–Trinajstić information content (AvgIpc) is 2.61. The molecule has 0 saturated carbocycles. The number of aliphatic carboxylic acids is 1. The molecule has 1 aliphatic heterocycles. The van der Waals surface area contributed by atoms with Gasteiger partial charge in [-0.25, -0.2) is 9.59 Å². The van der Waals surface area contributed by atoms with Gasteiger partial charge in [-0.05, 0) is 37.5 Å². The molecule has 0 bridgehead atoms. The van der Waals surface area contributed by atoms with Crippen molar-refractivity contribution in [2.45, 2.75) is 39.7 Å². The zero-order chi connectivity index (χ0) is 21.0. The number of rotatable bonds is 7. The van der Waals surface area contributed by atoms with Gasteiger partial charge in [0.2, 0.25) is 0 Å². The average molecular weight is 408 g/mol. The fourth-order valence-electron chi connectivity index (χ4n) is 3.30. The molecule has 28 heavy (non-hydrogen) atoms. The van der Waals surface area contributed by atoms with Gasteiger partial charge in [-0.1, -0.05) is 37.6 Å². The highest BCUT2D eigenvalue weighted by Crippen LogP contribution is 2.39. The number of allylic oxidation sites excluding steroid dienone is 2. The van der Waals surface area contributed by atoms with E-state index in [9.17, 15) is 14.7 Å². The first-order chi connectivity index (χ1) is 13.2. The minimum atomic E-state index is -1.10. The van der Waals surface area contributed by atoms with Gasteiger partial charge >= 0.3 is 11.9 Å². The van der Waals surface area contributed by atoms with Crippen molar-refractivity contribution in [3.63, 3.8) is 0 Å². The normalized spacial score (nSPS) is 18.2. The lowest BCUT2D eigenvalue weighted by Crippen LogP contribution is -2.33. The summed E-state index contributed by atoms with van der Waals surface area (Å²) in [6.07, 6.45) is -0.244. The van der Waals surface area contributed by atoms with Crippen LogP contribution in [0.2, 0.25) is 5.02 Å². The van der Waals surface area contributed by atoms with Crippen molar-refractivity contribution in [3.8, 4) is 0 Å². The summed E-state index contributed by atoms with van der Waals surface area (Å²) in [5.41, 5.74) is 2.07. The minimum Gasteiger partial charge on any atom is -0.478 e. The molecule has 0 fully saturated rings. The van der Waals surface area contributed by atoms with Crippen molar-refractivity contribution in [2.75, 3.05) is 13.7 Å². The third-order valence-corrected chi connectivity index (χ3v) is 5.09. The third kappa shape index (κ3) is 4.75. The summed E-state index contributed by atoms with van der Waals surface area (Å²) < 4.78 is 10.9. The maximum Gasteiger partial charge on any atom is 0.336 e. The van der Waals surface area contributed by atoms with Crippen LogP contribution in [0.15, 0.2) is 46.8 Å². The van der Waals surface area contributed by atoms with Crippen LogP contribution in [-0.2, 0) is 19.1 Å². The van der Waals surface area contributed by atoms with Crippen molar-refractivity contribution in [1.82, 2.24) is 5.32 Å². The first kappa shape index (κ1) is 22.0. The summed E-state index contributed by atoms with van der Waals surface area (Å²) in [5.74, 6) is -2.26.